The average Bonchev–Trinajstić information content (AvgIpc) is 3.11. The van der Waals surface area contributed by atoms with Gasteiger partial charge in [0.1, 0.15) is 0 Å². The maximum absolute atomic E-state index is 13.6. The van der Waals surface area contributed by atoms with Gasteiger partial charge in [-0.15, -0.1) is 0 Å². The number of amides is 2. The Hall–Kier alpha value is -6.02. The van der Waals surface area contributed by atoms with Crippen LogP contribution < -0.4 is 10.6 Å². The highest BCUT2D eigenvalue weighted by Gasteiger charge is 2.29. The standard InChI is InChI=1S/C36H28N6O2/c43-35(27-17-19-31(39-23-27)29-15-7-9-21-37-29)41-33(25-11-3-1-4-12-25)34(26-13-5-2-6-14-26)42-36(44)28-18-20-32(40-24-28)30-16-8-10-22-38-30/h1-24,33-34H,(H,41,43)(H,42,44)/t33-,34-/m0/s1. The lowest BCUT2D eigenvalue weighted by molar-refractivity contribution is 0.0881. The normalized spacial score (nSPS) is 12.1. The van der Waals surface area contributed by atoms with Crippen LogP contribution in [-0.2, 0) is 0 Å². The van der Waals surface area contributed by atoms with Crippen molar-refractivity contribution in [3.8, 4) is 22.8 Å². The summed E-state index contributed by atoms with van der Waals surface area (Å²) in [6.45, 7) is 0. The van der Waals surface area contributed by atoms with Gasteiger partial charge >= 0.3 is 0 Å². The molecule has 0 bridgehead atoms. The predicted octanol–water partition coefficient (Wildman–Crippen LogP) is 6.24. The van der Waals surface area contributed by atoms with Gasteiger partial charge in [0.15, 0.2) is 0 Å². The molecule has 0 aliphatic heterocycles. The second-order valence-electron chi connectivity index (χ2n) is 10.0. The third kappa shape index (κ3) is 6.55. The Morgan fingerprint density at radius 2 is 0.818 bits per heavy atom. The first-order valence-corrected chi connectivity index (χ1v) is 14.1. The first kappa shape index (κ1) is 28.1. The van der Waals surface area contributed by atoms with Gasteiger partial charge < -0.3 is 10.6 Å². The molecule has 0 saturated carbocycles. The summed E-state index contributed by atoms with van der Waals surface area (Å²) in [6.07, 6.45) is 6.47. The molecule has 0 saturated heterocycles. The number of nitrogens with zero attached hydrogens (tertiary/aromatic N) is 4. The molecule has 6 rings (SSSR count). The lowest BCUT2D eigenvalue weighted by atomic mass is 9.92. The van der Waals surface area contributed by atoms with Gasteiger partial charge in [-0.05, 0) is 59.7 Å². The number of pyridine rings is 4. The summed E-state index contributed by atoms with van der Waals surface area (Å²) in [4.78, 5) is 44.9. The molecule has 4 aromatic heterocycles. The monoisotopic (exact) mass is 576 g/mol. The molecule has 2 atom stereocenters. The van der Waals surface area contributed by atoms with Crippen molar-refractivity contribution in [3.05, 3.63) is 168 Å². The SMILES string of the molecule is O=C(N[C@@H](c1ccccc1)[C@@H](NC(=O)c1ccc(-c2ccccn2)nc1)c1ccccc1)c1ccc(-c2ccccn2)nc1. The summed E-state index contributed by atoms with van der Waals surface area (Å²) in [7, 11) is 0. The van der Waals surface area contributed by atoms with E-state index in [1.54, 1.807) is 36.7 Å². The zero-order chi connectivity index (χ0) is 30.1. The molecular formula is C36H28N6O2. The van der Waals surface area contributed by atoms with Crippen LogP contribution in [0.15, 0.2) is 146 Å². The minimum atomic E-state index is -0.605. The van der Waals surface area contributed by atoms with Crippen LogP contribution in [0.2, 0.25) is 0 Å². The molecule has 2 aromatic carbocycles. The van der Waals surface area contributed by atoms with Gasteiger partial charge in [-0.25, -0.2) is 0 Å². The smallest absolute Gasteiger partial charge is 0.253 e. The predicted molar refractivity (Wildman–Crippen MR) is 168 cm³/mol. The number of benzene rings is 2. The number of carbonyl (C=O) groups excluding carboxylic acids is 2. The van der Waals surface area contributed by atoms with E-state index in [0.29, 0.717) is 22.5 Å². The maximum Gasteiger partial charge on any atom is 0.253 e. The van der Waals surface area contributed by atoms with Crippen molar-refractivity contribution >= 4 is 11.8 Å². The van der Waals surface area contributed by atoms with Crippen molar-refractivity contribution in [2.75, 3.05) is 0 Å². The zero-order valence-corrected chi connectivity index (χ0v) is 23.6. The molecule has 0 radical (unpaired) electrons. The third-order valence-corrected chi connectivity index (χ3v) is 7.13. The summed E-state index contributed by atoms with van der Waals surface area (Å²) in [5.74, 6) is -0.647. The topological polar surface area (TPSA) is 110 Å². The fourth-order valence-corrected chi connectivity index (χ4v) is 4.88. The van der Waals surface area contributed by atoms with Gasteiger partial charge in [0, 0.05) is 24.8 Å². The van der Waals surface area contributed by atoms with Crippen molar-refractivity contribution in [2.45, 2.75) is 12.1 Å². The Morgan fingerprint density at radius 3 is 1.16 bits per heavy atom. The quantitative estimate of drug-likeness (QED) is 0.211. The van der Waals surface area contributed by atoms with E-state index in [1.807, 2.05) is 97.1 Å². The number of nitrogens with one attached hydrogen (secondary N) is 2. The first-order valence-electron chi connectivity index (χ1n) is 14.1. The minimum Gasteiger partial charge on any atom is -0.343 e. The molecule has 0 fully saturated rings. The van der Waals surface area contributed by atoms with Gasteiger partial charge in [0.05, 0.1) is 46.0 Å². The van der Waals surface area contributed by atoms with Crippen LogP contribution in [0, 0.1) is 0 Å². The Morgan fingerprint density at radius 1 is 0.432 bits per heavy atom. The van der Waals surface area contributed by atoms with Crippen LogP contribution in [0.5, 0.6) is 0 Å². The van der Waals surface area contributed by atoms with Gasteiger partial charge in [0.25, 0.3) is 11.8 Å². The number of carbonyl (C=O) groups is 2. The van der Waals surface area contributed by atoms with Gasteiger partial charge in [-0.1, -0.05) is 72.8 Å². The zero-order valence-electron chi connectivity index (χ0n) is 23.6. The Balaban J connectivity index is 1.29. The van der Waals surface area contributed by atoms with Crippen LogP contribution in [0.4, 0.5) is 0 Å². The average molecular weight is 577 g/mol. The van der Waals surface area contributed by atoms with E-state index in [1.165, 1.54) is 12.4 Å². The number of hydrogen-bond donors (Lipinski definition) is 2. The van der Waals surface area contributed by atoms with Gasteiger partial charge in [-0.2, -0.15) is 0 Å². The lowest BCUT2D eigenvalue weighted by Crippen LogP contribution is -2.41. The third-order valence-electron chi connectivity index (χ3n) is 7.13. The van der Waals surface area contributed by atoms with E-state index in [4.69, 9.17) is 0 Å². The van der Waals surface area contributed by atoms with E-state index < -0.39 is 12.1 Å². The summed E-state index contributed by atoms with van der Waals surface area (Å²) in [5.41, 5.74) is 5.20. The van der Waals surface area contributed by atoms with E-state index in [-0.39, 0.29) is 11.8 Å². The van der Waals surface area contributed by atoms with Crippen LogP contribution in [0.25, 0.3) is 22.8 Å². The molecule has 0 spiro atoms. The van der Waals surface area contributed by atoms with Crippen molar-refractivity contribution in [3.63, 3.8) is 0 Å². The minimum absolute atomic E-state index is 0.324. The Labute approximate surface area is 254 Å². The van der Waals surface area contributed by atoms with Crippen LogP contribution in [0.1, 0.15) is 43.9 Å². The highest BCUT2D eigenvalue weighted by atomic mass is 16.2. The summed E-state index contributed by atoms with van der Waals surface area (Å²) in [5, 5.41) is 6.32. The van der Waals surface area contributed by atoms with E-state index in [2.05, 4.69) is 30.6 Å². The van der Waals surface area contributed by atoms with Crippen LogP contribution in [0.3, 0.4) is 0 Å². The van der Waals surface area contributed by atoms with Crippen molar-refractivity contribution in [2.24, 2.45) is 0 Å². The molecule has 0 aliphatic carbocycles. The molecule has 0 aliphatic rings. The first-order chi connectivity index (χ1) is 21.7. The highest BCUT2D eigenvalue weighted by molar-refractivity contribution is 5.96. The fraction of sp³-hybridized carbons (Fsp3) is 0.0556. The van der Waals surface area contributed by atoms with Crippen molar-refractivity contribution < 1.29 is 9.59 Å². The second-order valence-corrected chi connectivity index (χ2v) is 10.0. The summed E-state index contributed by atoms with van der Waals surface area (Å²) >= 11 is 0. The summed E-state index contributed by atoms with van der Waals surface area (Å²) in [6, 6.07) is 36.1. The van der Waals surface area contributed by atoms with Gasteiger partial charge in [-0.3, -0.25) is 29.5 Å². The lowest BCUT2D eigenvalue weighted by Gasteiger charge is -2.30. The van der Waals surface area contributed by atoms with Gasteiger partial charge in [0.2, 0.25) is 0 Å². The molecule has 8 heteroatoms. The second kappa shape index (κ2) is 13.3. The molecular weight excluding hydrogens is 548 g/mol. The molecule has 6 aromatic rings. The van der Waals surface area contributed by atoms with E-state index >= 15 is 0 Å². The van der Waals surface area contributed by atoms with Crippen LogP contribution >= 0.6 is 0 Å². The highest BCUT2D eigenvalue weighted by Crippen LogP contribution is 2.30. The molecule has 2 amide bonds. The molecule has 8 nitrogen and oxygen atoms in total. The van der Waals surface area contributed by atoms with Crippen molar-refractivity contribution in [1.29, 1.82) is 0 Å². The number of aromatic nitrogens is 4. The van der Waals surface area contributed by atoms with E-state index in [9.17, 15) is 9.59 Å². The molecule has 0 unspecified atom stereocenters. The number of rotatable bonds is 9. The molecule has 214 valence electrons. The Kier molecular flexibility index (Phi) is 8.50. The van der Waals surface area contributed by atoms with E-state index in [0.717, 1.165) is 22.5 Å². The summed E-state index contributed by atoms with van der Waals surface area (Å²) < 4.78 is 0. The number of hydrogen-bond acceptors (Lipinski definition) is 6. The van der Waals surface area contributed by atoms with Crippen molar-refractivity contribution in [1.82, 2.24) is 30.6 Å². The van der Waals surface area contributed by atoms with Crippen LogP contribution in [-0.4, -0.2) is 31.8 Å². The Bertz CT molecular complexity index is 1680. The molecule has 4 heterocycles. The molecule has 2 N–H and O–H groups in total. The largest absolute Gasteiger partial charge is 0.343 e. The molecule has 44 heavy (non-hydrogen) atoms. The maximum atomic E-state index is 13.6. The fourth-order valence-electron chi connectivity index (χ4n) is 4.88.